The Bertz CT molecular complexity index is 418. The molecule has 0 aromatic heterocycles. The third-order valence-corrected chi connectivity index (χ3v) is 3.10. The first kappa shape index (κ1) is 12.4. The summed E-state index contributed by atoms with van der Waals surface area (Å²) in [5.41, 5.74) is 4.53. The van der Waals surface area contributed by atoms with Crippen molar-refractivity contribution in [1.29, 1.82) is 0 Å². The average Bonchev–Trinajstić information content (AvgIpc) is 3.12. The van der Waals surface area contributed by atoms with Crippen LogP contribution in [0.3, 0.4) is 0 Å². The van der Waals surface area contributed by atoms with Crippen molar-refractivity contribution in [2.24, 2.45) is 11.7 Å². The minimum absolute atomic E-state index is 0.0326. The van der Waals surface area contributed by atoms with Crippen molar-refractivity contribution < 1.29 is 18.3 Å². The van der Waals surface area contributed by atoms with Crippen LogP contribution in [0.25, 0.3) is 0 Å². The van der Waals surface area contributed by atoms with Gasteiger partial charge >= 0.3 is 5.92 Å². The van der Waals surface area contributed by atoms with E-state index in [4.69, 9.17) is 5.73 Å². The predicted octanol–water partition coefficient (Wildman–Crippen LogP) is 2.15. The molecule has 1 unspecified atom stereocenters. The maximum absolute atomic E-state index is 13.9. The summed E-state index contributed by atoms with van der Waals surface area (Å²) in [5, 5.41) is 9.51. The highest BCUT2D eigenvalue weighted by atomic mass is 19.3. The van der Waals surface area contributed by atoms with E-state index in [0.717, 1.165) is 6.07 Å². The van der Waals surface area contributed by atoms with E-state index in [1.165, 1.54) is 12.1 Å². The normalized spacial score (nSPS) is 18.2. The van der Waals surface area contributed by atoms with Crippen LogP contribution >= 0.6 is 0 Å². The van der Waals surface area contributed by atoms with E-state index in [1.807, 2.05) is 0 Å². The molecular weight excluding hydrogens is 231 g/mol. The Labute approximate surface area is 97.2 Å². The molecule has 0 bridgehead atoms. The van der Waals surface area contributed by atoms with E-state index in [0.29, 0.717) is 12.8 Å². The van der Waals surface area contributed by atoms with E-state index in [2.05, 4.69) is 0 Å². The van der Waals surface area contributed by atoms with Gasteiger partial charge in [0.25, 0.3) is 0 Å². The van der Waals surface area contributed by atoms with E-state index in [-0.39, 0.29) is 12.1 Å². The standard InChI is InChI=1S/C12H14F3NO/c13-10-8(6-16)2-1-3-9(10)12(14,15)11(17)7-4-5-7/h1-3,7,11,17H,4-6,16H2. The lowest BCUT2D eigenvalue weighted by Crippen LogP contribution is -2.34. The number of aliphatic hydroxyl groups is 1. The molecule has 0 radical (unpaired) electrons. The summed E-state index contributed by atoms with van der Waals surface area (Å²) in [6, 6.07) is 3.69. The van der Waals surface area contributed by atoms with Gasteiger partial charge in [0.2, 0.25) is 0 Å². The van der Waals surface area contributed by atoms with Gasteiger partial charge in [0, 0.05) is 12.1 Å². The molecule has 2 rings (SSSR count). The molecule has 5 heteroatoms. The summed E-state index contributed by atoms with van der Waals surface area (Å²) in [6.07, 6.45) is -0.686. The van der Waals surface area contributed by atoms with Gasteiger partial charge in [-0.1, -0.05) is 12.1 Å². The van der Waals surface area contributed by atoms with Gasteiger partial charge in [-0.2, -0.15) is 8.78 Å². The SMILES string of the molecule is NCc1cccc(C(F)(F)C(O)C2CC2)c1F. The fourth-order valence-electron chi connectivity index (χ4n) is 1.86. The molecular formula is C12H14F3NO. The topological polar surface area (TPSA) is 46.2 Å². The highest BCUT2D eigenvalue weighted by Crippen LogP contribution is 2.45. The number of rotatable bonds is 4. The zero-order chi connectivity index (χ0) is 12.6. The van der Waals surface area contributed by atoms with Crippen LogP contribution < -0.4 is 5.73 Å². The maximum Gasteiger partial charge on any atom is 0.301 e. The summed E-state index contributed by atoms with van der Waals surface area (Å²) in [7, 11) is 0. The minimum Gasteiger partial charge on any atom is -0.386 e. The second-order valence-corrected chi connectivity index (χ2v) is 4.39. The Morgan fingerprint density at radius 1 is 1.41 bits per heavy atom. The van der Waals surface area contributed by atoms with Gasteiger partial charge in [-0.3, -0.25) is 0 Å². The van der Waals surface area contributed by atoms with Crippen molar-refractivity contribution in [2.45, 2.75) is 31.4 Å². The number of benzene rings is 1. The summed E-state index contributed by atoms with van der Waals surface area (Å²) in [4.78, 5) is 0. The molecule has 1 aliphatic rings. The highest BCUT2D eigenvalue weighted by molar-refractivity contribution is 5.30. The van der Waals surface area contributed by atoms with Gasteiger partial charge in [-0.05, 0) is 24.8 Å². The lowest BCUT2D eigenvalue weighted by molar-refractivity contribution is -0.126. The van der Waals surface area contributed by atoms with Crippen LogP contribution in [0.2, 0.25) is 0 Å². The quantitative estimate of drug-likeness (QED) is 0.853. The third kappa shape index (κ3) is 2.17. The lowest BCUT2D eigenvalue weighted by Gasteiger charge is -2.23. The van der Waals surface area contributed by atoms with Crippen LogP contribution in [-0.2, 0) is 12.5 Å². The first-order chi connectivity index (χ1) is 7.98. The Morgan fingerprint density at radius 3 is 2.59 bits per heavy atom. The Kier molecular flexibility index (Phi) is 3.14. The first-order valence-electron chi connectivity index (χ1n) is 5.52. The van der Waals surface area contributed by atoms with E-state index >= 15 is 0 Å². The van der Waals surface area contributed by atoms with Crippen LogP contribution in [0.4, 0.5) is 13.2 Å². The largest absolute Gasteiger partial charge is 0.386 e. The van der Waals surface area contributed by atoms with Crippen LogP contribution in [0.5, 0.6) is 0 Å². The minimum atomic E-state index is -3.56. The molecule has 0 aliphatic heterocycles. The summed E-state index contributed by atoms with van der Waals surface area (Å²) < 4.78 is 41.5. The highest BCUT2D eigenvalue weighted by Gasteiger charge is 2.49. The fraction of sp³-hybridized carbons (Fsp3) is 0.500. The van der Waals surface area contributed by atoms with Crippen LogP contribution in [0, 0.1) is 11.7 Å². The molecule has 1 aromatic carbocycles. The Morgan fingerprint density at radius 2 is 2.06 bits per heavy atom. The molecule has 0 heterocycles. The maximum atomic E-state index is 13.9. The van der Waals surface area contributed by atoms with Crippen molar-refractivity contribution in [3.63, 3.8) is 0 Å². The number of nitrogens with two attached hydrogens (primary N) is 1. The fourth-order valence-corrected chi connectivity index (χ4v) is 1.86. The molecule has 1 fully saturated rings. The Balaban J connectivity index is 2.37. The van der Waals surface area contributed by atoms with Gasteiger partial charge in [0.05, 0.1) is 5.56 Å². The van der Waals surface area contributed by atoms with Gasteiger partial charge in [0.1, 0.15) is 11.9 Å². The number of aliphatic hydroxyl groups excluding tert-OH is 1. The molecule has 2 nitrogen and oxygen atoms in total. The molecule has 1 aromatic rings. The molecule has 3 N–H and O–H groups in total. The number of hydrogen-bond donors (Lipinski definition) is 2. The third-order valence-electron chi connectivity index (χ3n) is 3.10. The smallest absolute Gasteiger partial charge is 0.301 e. The zero-order valence-corrected chi connectivity index (χ0v) is 9.17. The van der Waals surface area contributed by atoms with Crippen molar-refractivity contribution in [1.82, 2.24) is 0 Å². The van der Waals surface area contributed by atoms with Gasteiger partial charge in [0.15, 0.2) is 0 Å². The molecule has 0 amide bonds. The van der Waals surface area contributed by atoms with Crippen molar-refractivity contribution in [3.05, 3.63) is 35.1 Å². The molecule has 17 heavy (non-hydrogen) atoms. The molecule has 1 saturated carbocycles. The Hall–Kier alpha value is -1.07. The summed E-state index contributed by atoms with van der Waals surface area (Å²) in [6.45, 7) is -0.144. The van der Waals surface area contributed by atoms with E-state index in [1.54, 1.807) is 0 Å². The monoisotopic (exact) mass is 245 g/mol. The number of alkyl halides is 2. The molecule has 94 valence electrons. The second-order valence-electron chi connectivity index (χ2n) is 4.39. The second kappa shape index (κ2) is 4.31. The average molecular weight is 245 g/mol. The van der Waals surface area contributed by atoms with E-state index < -0.39 is 29.3 Å². The van der Waals surface area contributed by atoms with Crippen molar-refractivity contribution in [2.75, 3.05) is 0 Å². The molecule has 1 aliphatic carbocycles. The number of hydrogen-bond acceptors (Lipinski definition) is 2. The number of halogens is 3. The van der Waals surface area contributed by atoms with Crippen molar-refractivity contribution >= 4 is 0 Å². The van der Waals surface area contributed by atoms with Crippen LogP contribution in [0.1, 0.15) is 24.0 Å². The lowest BCUT2D eigenvalue weighted by atomic mass is 9.97. The van der Waals surface area contributed by atoms with Crippen LogP contribution in [0.15, 0.2) is 18.2 Å². The first-order valence-corrected chi connectivity index (χ1v) is 5.52. The molecule has 0 spiro atoms. The molecule has 1 atom stereocenters. The summed E-state index contributed by atoms with van der Waals surface area (Å²) in [5.74, 6) is -5.00. The predicted molar refractivity (Wildman–Crippen MR) is 56.9 cm³/mol. The van der Waals surface area contributed by atoms with Gasteiger partial charge in [-0.25, -0.2) is 4.39 Å². The molecule has 0 saturated heterocycles. The van der Waals surface area contributed by atoms with Gasteiger partial charge in [-0.15, -0.1) is 0 Å². The zero-order valence-electron chi connectivity index (χ0n) is 9.17. The van der Waals surface area contributed by atoms with Gasteiger partial charge < -0.3 is 10.8 Å². The van der Waals surface area contributed by atoms with Crippen LogP contribution in [-0.4, -0.2) is 11.2 Å². The summed E-state index contributed by atoms with van der Waals surface area (Å²) >= 11 is 0. The van der Waals surface area contributed by atoms with Crippen molar-refractivity contribution in [3.8, 4) is 0 Å². The van der Waals surface area contributed by atoms with E-state index in [9.17, 15) is 18.3 Å².